The summed E-state index contributed by atoms with van der Waals surface area (Å²) in [5.41, 5.74) is 24.2. The molecule has 0 aliphatic heterocycles. The van der Waals surface area contributed by atoms with Crippen molar-refractivity contribution in [3.05, 3.63) is 48.5 Å². The van der Waals surface area contributed by atoms with Crippen LogP contribution in [0.15, 0.2) is 48.5 Å². The lowest BCUT2D eigenvalue weighted by molar-refractivity contribution is -0.00100. The van der Waals surface area contributed by atoms with Crippen molar-refractivity contribution in [3.8, 4) is 0 Å². The molecule has 0 heterocycles. The molecule has 18 heavy (non-hydrogen) atoms. The van der Waals surface area contributed by atoms with Gasteiger partial charge in [-0.2, -0.15) is 0 Å². The second kappa shape index (κ2) is 9.27. The molecule has 0 aliphatic rings. The van der Waals surface area contributed by atoms with E-state index < -0.39 is 0 Å². The molecule has 0 fully saturated rings. The average Bonchev–Trinajstić information content (AvgIpc) is 2.28. The van der Waals surface area contributed by atoms with E-state index in [4.69, 9.17) is 22.9 Å². The Morgan fingerprint density at radius 2 is 0.611 bits per heavy atom. The largest absolute Gasteiger partial charge is 1.00 e. The van der Waals surface area contributed by atoms with Gasteiger partial charge in [0.2, 0.25) is 0 Å². The highest BCUT2D eigenvalue weighted by Crippen LogP contribution is 2.11. The Morgan fingerprint density at radius 1 is 0.444 bits per heavy atom. The van der Waals surface area contributed by atoms with Crippen LogP contribution in [0.2, 0.25) is 0 Å². The molecule has 100 valence electrons. The fourth-order valence-electron chi connectivity index (χ4n) is 1.02. The number of benzene rings is 2. The van der Waals surface area contributed by atoms with Gasteiger partial charge in [-0.05, 0) is 24.3 Å². The second-order valence-corrected chi connectivity index (χ2v) is 3.26. The number of nitrogen functional groups attached to an aromatic ring is 4. The van der Waals surface area contributed by atoms with Crippen LogP contribution in [-0.2, 0) is 0 Å². The Hall–Kier alpha value is -1.78. The van der Waals surface area contributed by atoms with E-state index in [1.807, 2.05) is 24.3 Å². The molecule has 0 spiro atoms. The topological polar surface area (TPSA) is 104 Å². The first-order chi connectivity index (χ1) is 7.61. The van der Waals surface area contributed by atoms with Gasteiger partial charge in [0.25, 0.3) is 0 Å². The van der Waals surface area contributed by atoms with Gasteiger partial charge in [0.05, 0.1) is 22.7 Å². The average molecular weight is 287 g/mol. The molecule has 0 saturated carbocycles. The van der Waals surface area contributed by atoms with Gasteiger partial charge >= 0.3 is 0 Å². The van der Waals surface area contributed by atoms with Crippen LogP contribution in [0.25, 0.3) is 0 Å². The summed E-state index contributed by atoms with van der Waals surface area (Å²) in [7, 11) is 0. The van der Waals surface area contributed by atoms with E-state index in [2.05, 4.69) is 0 Å². The van der Waals surface area contributed by atoms with Gasteiger partial charge in [0.1, 0.15) is 0 Å². The van der Waals surface area contributed by atoms with Crippen LogP contribution in [-0.4, -0.2) is 0 Å². The number of para-hydroxylation sites is 4. The first-order valence-corrected chi connectivity index (χ1v) is 4.81. The maximum Gasteiger partial charge on any atom is 0.0547 e. The van der Waals surface area contributed by atoms with E-state index in [1.165, 1.54) is 0 Å². The minimum Gasteiger partial charge on any atom is -1.00 e. The lowest BCUT2D eigenvalue weighted by Crippen LogP contribution is -3.00. The Morgan fingerprint density at radius 3 is 0.722 bits per heavy atom. The van der Waals surface area contributed by atoms with Gasteiger partial charge in [-0.3, -0.25) is 0 Å². The molecule has 6 heteroatoms. The van der Waals surface area contributed by atoms with Crippen molar-refractivity contribution in [1.29, 1.82) is 0 Å². The van der Waals surface area contributed by atoms with E-state index in [0.717, 1.165) is 0 Å². The second-order valence-electron chi connectivity index (χ2n) is 3.26. The number of anilines is 4. The third-order valence-electron chi connectivity index (χ3n) is 1.99. The minimum atomic E-state index is 0. The Balaban J connectivity index is 0. The van der Waals surface area contributed by atoms with Crippen molar-refractivity contribution in [2.24, 2.45) is 0 Å². The molecule has 0 aliphatic carbocycles. The predicted octanol–water partition coefficient (Wildman–Crippen LogP) is -4.29. The molecular formula is C12H16Cl2N4-2. The maximum atomic E-state index is 5.39. The first kappa shape index (κ1) is 18.6. The smallest absolute Gasteiger partial charge is 0.0547 e. The third-order valence-corrected chi connectivity index (χ3v) is 1.99. The summed E-state index contributed by atoms with van der Waals surface area (Å²) in [4.78, 5) is 0. The van der Waals surface area contributed by atoms with Crippen LogP contribution in [0.3, 0.4) is 0 Å². The van der Waals surface area contributed by atoms with Crippen LogP contribution in [0.1, 0.15) is 0 Å². The Labute approximate surface area is 119 Å². The maximum absolute atomic E-state index is 5.39. The zero-order valence-electron chi connectivity index (χ0n) is 9.68. The minimum absolute atomic E-state index is 0. The first-order valence-electron chi connectivity index (χ1n) is 4.81. The van der Waals surface area contributed by atoms with Crippen molar-refractivity contribution in [3.63, 3.8) is 0 Å². The number of hydrogen-bond acceptors (Lipinski definition) is 4. The van der Waals surface area contributed by atoms with Gasteiger partial charge < -0.3 is 47.7 Å². The summed E-state index contributed by atoms with van der Waals surface area (Å²) in [6, 6.07) is 14.5. The van der Waals surface area contributed by atoms with Crippen LogP contribution >= 0.6 is 0 Å². The summed E-state index contributed by atoms with van der Waals surface area (Å²) < 4.78 is 0. The number of halogens is 2. The molecule has 0 amide bonds. The van der Waals surface area contributed by atoms with Crippen molar-refractivity contribution in [1.82, 2.24) is 0 Å². The van der Waals surface area contributed by atoms with Gasteiger partial charge in [0, 0.05) is 0 Å². The molecule has 8 N–H and O–H groups in total. The lowest BCUT2D eigenvalue weighted by atomic mass is 10.3. The quantitative estimate of drug-likeness (QED) is 0.368. The summed E-state index contributed by atoms with van der Waals surface area (Å²) in [5.74, 6) is 0. The summed E-state index contributed by atoms with van der Waals surface area (Å²) in [6.45, 7) is 0. The zero-order valence-corrected chi connectivity index (χ0v) is 11.2. The van der Waals surface area contributed by atoms with Gasteiger partial charge in [-0.25, -0.2) is 0 Å². The summed E-state index contributed by atoms with van der Waals surface area (Å²) in [5, 5.41) is 0. The molecule has 2 rings (SSSR count). The standard InChI is InChI=1S/2C6H8N2.2ClH/c2*7-5-3-1-2-4-6(5)8;;/h2*1-4H,7-8H2;2*1H/p-2. The zero-order chi connectivity index (χ0) is 12.0. The highest BCUT2D eigenvalue weighted by molar-refractivity contribution is 5.62. The highest BCUT2D eigenvalue weighted by atomic mass is 35.5. The Bertz CT molecular complexity index is 378. The van der Waals surface area contributed by atoms with E-state index in [9.17, 15) is 0 Å². The van der Waals surface area contributed by atoms with E-state index in [1.54, 1.807) is 24.3 Å². The van der Waals surface area contributed by atoms with Gasteiger partial charge in [-0.15, -0.1) is 0 Å². The fraction of sp³-hybridized carbons (Fsp3) is 0. The fourth-order valence-corrected chi connectivity index (χ4v) is 1.02. The highest BCUT2D eigenvalue weighted by Gasteiger charge is 1.85. The predicted molar refractivity (Wildman–Crippen MR) is 70.5 cm³/mol. The van der Waals surface area contributed by atoms with Gasteiger partial charge in [-0.1, -0.05) is 24.3 Å². The third kappa shape index (κ3) is 6.08. The van der Waals surface area contributed by atoms with E-state index in [0.29, 0.717) is 22.7 Å². The molecule has 4 nitrogen and oxygen atoms in total. The summed E-state index contributed by atoms with van der Waals surface area (Å²) in [6.07, 6.45) is 0. The van der Waals surface area contributed by atoms with Crippen LogP contribution < -0.4 is 47.7 Å². The Kier molecular flexibility index (Phi) is 9.57. The molecule has 2 aromatic rings. The molecule has 0 radical (unpaired) electrons. The number of hydrogen-bond donors (Lipinski definition) is 4. The molecule has 0 unspecified atom stereocenters. The molecule has 0 bridgehead atoms. The molecule has 0 saturated heterocycles. The molecule has 2 aromatic carbocycles. The van der Waals surface area contributed by atoms with E-state index >= 15 is 0 Å². The van der Waals surface area contributed by atoms with Crippen LogP contribution in [0.5, 0.6) is 0 Å². The van der Waals surface area contributed by atoms with E-state index in [-0.39, 0.29) is 24.8 Å². The monoisotopic (exact) mass is 286 g/mol. The van der Waals surface area contributed by atoms with Crippen LogP contribution in [0.4, 0.5) is 22.7 Å². The summed E-state index contributed by atoms with van der Waals surface area (Å²) >= 11 is 0. The molecular weight excluding hydrogens is 271 g/mol. The molecule has 0 atom stereocenters. The normalized spacial score (nSPS) is 8.00. The SMILES string of the molecule is Nc1ccccc1N.Nc1ccccc1N.[Cl-].[Cl-]. The number of rotatable bonds is 0. The molecule has 0 aromatic heterocycles. The number of nitrogens with two attached hydrogens (primary N) is 4. The van der Waals surface area contributed by atoms with Crippen molar-refractivity contribution >= 4 is 22.7 Å². The van der Waals surface area contributed by atoms with Crippen LogP contribution in [0, 0.1) is 0 Å². The van der Waals surface area contributed by atoms with Gasteiger partial charge in [0.15, 0.2) is 0 Å². The van der Waals surface area contributed by atoms with Crippen molar-refractivity contribution < 1.29 is 24.8 Å². The van der Waals surface area contributed by atoms with Crippen molar-refractivity contribution in [2.45, 2.75) is 0 Å². The van der Waals surface area contributed by atoms with Crippen molar-refractivity contribution in [2.75, 3.05) is 22.9 Å². The lowest BCUT2D eigenvalue weighted by Gasteiger charge is -1.94.